The van der Waals surface area contributed by atoms with E-state index in [1.165, 1.54) is 51.4 Å². The van der Waals surface area contributed by atoms with Gasteiger partial charge in [0.15, 0.2) is 5.25 Å². The van der Waals surface area contributed by atoms with Gasteiger partial charge in [0, 0.05) is 13.1 Å². The third-order valence-electron chi connectivity index (χ3n) is 5.21. The molecule has 0 aromatic heterocycles. The summed E-state index contributed by atoms with van der Waals surface area (Å²) in [6.07, 6.45) is 15.9. The van der Waals surface area contributed by atoms with E-state index in [2.05, 4.69) is 19.9 Å². The molecule has 0 radical (unpaired) electrons. The van der Waals surface area contributed by atoms with Crippen LogP contribution in [0.3, 0.4) is 0 Å². The normalized spacial score (nSPS) is 13.0. The molecule has 0 aromatic carbocycles. The number of nitriles is 1. The van der Waals surface area contributed by atoms with E-state index in [9.17, 15) is 13.7 Å². The molecule has 0 amide bonds. The van der Waals surface area contributed by atoms with Crippen LogP contribution in [-0.4, -0.2) is 31.1 Å². The highest BCUT2D eigenvalue weighted by molar-refractivity contribution is 7.90. The molecular weight excluding hydrogens is 356 g/mol. The van der Waals surface area contributed by atoms with Gasteiger partial charge in [0.05, 0.1) is 6.07 Å². The Labute approximate surface area is 169 Å². The molecule has 0 bridgehead atoms. The second-order valence-corrected chi connectivity index (χ2v) is 9.85. The lowest BCUT2D eigenvalue weighted by atomic mass is 10.1. The van der Waals surface area contributed by atoms with E-state index in [-0.39, 0.29) is 0 Å². The molecule has 0 N–H and O–H groups in total. The molecule has 27 heavy (non-hydrogen) atoms. The summed E-state index contributed by atoms with van der Waals surface area (Å²) < 4.78 is 27.6. The fraction of sp³-hybridized carbons (Fsp3) is 0.955. The molecule has 0 saturated heterocycles. The van der Waals surface area contributed by atoms with Gasteiger partial charge in [-0.15, -0.1) is 0 Å². The summed E-state index contributed by atoms with van der Waals surface area (Å²) in [7, 11) is -3.51. The van der Waals surface area contributed by atoms with Crippen molar-refractivity contribution in [3.05, 3.63) is 0 Å². The van der Waals surface area contributed by atoms with Crippen molar-refractivity contribution in [2.45, 2.75) is 122 Å². The second-order valence-electron chi connectivity index (χ2n) is 7.74. The highest BCUT2D eigenvalue weighted by atomic mass is 32.2. The average molecular weight is 401 g/mol. The molecule has 0 aliphatic carbocycles. The van der Waals surface area contributed by atoms with Crippen molar-refractivity contribution in [2.24, 2.45) is 0 Å². The van der Waals surface area contributed by atoms with Crippen LogP contribution in [0.5, 0.6) is 0 Å². The number of rotatable bonds is 19. The third kappa shape index (κ3) is 12.5. The van der Waals surface area contributed by atoms with Crippen LogP contribution in [0.25, 0.3) is 0 Å². The lowest BCUT2D eigenvalue weighted by Gasteiger charge is -2.25. The van der Waals surface area contributed by atoms with Crippen molar-refractivity contribution in [1.82, 2.24) is 4.31 Å². The summed E-state index contributed by atoms with van der Waals surface area (Å²) in [5.74, 6) is 0. The monoisotopic (exact) mass is 400 g/mol. The van der Waals surface area contributed by atoms with E-state index >= 15 is 0 Å². The Bertz CT molecular complexity index is 455. The number of unbranched alkanes of at least 4 members (excludes halogenated alkanes) is 11. The predicted molar refractivity (Wildman–Crippen MR) is 116 cm³/mol. The summed E-state index contributed by atoms with van der Waals surface area (Å²) in [5, 5.41) is 8.54. The Morgan fingerprint density at radius 2 is 1.11 bits per heavy atom. The van der Waals surface area contributed by atoms with Crippen LogP contribution in [0.4, 0.5) is 0 Å². The van der Waals surface area contributed by atoms with Crippen molar-refractivity contribution in [2.75, 3.05) is 13.1 Å². The Hall–Kier alpha value is -0.600. The van der Waals surface area contributed by atoms with Crippen LogP contribution in [-0.2, 0) is 10.0 Å². The Morgan fingerprint density at radius 3 is 1.52 bits per heavy atom. The smallest absolute Gasteiger partial charge is 0.211 e. The molecule has 1 atom stereocenters. The Morgan fingerprint density at radius 1 is 0.704 bits per heavy atom. The average Bonchev–Trinajstić information content (AvgIpc) is 2.65. The minimum Gasteiger partial charge on any atom is -0.211 e. The molecule has 0 heterocycles. The van der Waals surface area contributed by atoms with Crippen LogP contribution in [0.15, 0.2) is 0 Å². The molecular formula is C22H44N2O2S. The molecule has 160 valence electrons. The molecule has 4 nitrogen and oxygen atoms in total. The first-order chi connectivity index (χ1) is 13.0. The van der Waals surface area contributed by atoms with Crippen LogP contribution in [0, 0.1) is 11.3 Å². The van der Waals surface area contributed by atoms with Gasteiger partial charge in [-0.1, -0.05) is 97.8 Å². The maximum absolute atomic E-state index is 13.0. The Balaban J connectivity index is 4.65. The minimum atomic E-state index is -3.51. The first kappa shape index (κ1) is 26.4. The fourth-order valence-corrected chi connectivity index (χ4v) is 5.08. The number of nitrogens with zero attached hydrogens (tertiary/aromatic N) is 2. The zero-order valence-electron chi connectivity index (χ0n) is 18.2. The van der Waals surface area contributed by atoms with Crippen molar-refractivity contribution in [3.63, 3.8) is 0 Å². The van der Waals surface area contributed by atoms with Gasteiger partial charge in [-0.3, -0.25) is 0 Å². The molecule has 0 aromatic rings. The summed E-state index contributed by atoms with van der Waals surface area (Å²) in [6.45, 7) is 7.59. The topological polar surface area (TPSA) is 61.2 Å². The quantitative estimate of drug-likeness (QED) is 0.235. The summed E-state index contributed by atoms with van der Waals surface area (Å²) in [6, 6.07) is 2.06. The largest absolute Gasteiger partial charge is 0.230 e. The molecule has 0 fully saturated rings. The standard InChI is InChI=1S/C22H44N2O2S/c1-4-7-10-12-14-16-19-24(20-17-15-13-11-8-5-2)27(25,26)22(21-23)18-9-6-3/h22H,4-20H2,1-3H3. The first-order valence-corrected chi connectivity index (χ1v) is 12.9. The minimum absolute atomic E-state index is 0.457. The lowest BCUT2D eigenvalue weighted by Crippen LogP contribution is -2.39. The lowest BCUT2D eigenvalue weighted by molar-refractivity contribution is 0.379. The van der Waals surface area contributed by atoms with Crippen molar-refractivity contribution < 1.29 is 8.42 Å². The van der Waals surface area contributed by atoms with E-state index < -0.39 is 15.3 Å². The predicted octanol–water partition coefficient (Wildman–Crippen LogP) is 6.42. The van der Waals surface area contributed by atoms with Gasteiger partial charge in [-0.2, -0.15) is 5.26 Å². The maximum atomic E-state index is 13.0. The first-order valence-electron chi connectivity index (χ1n) is 11.4. The SMILES string of the molecule is CCCCCCCCN(CCCCCCCC)S(=O)(=O)C(C#N)CCCC. The zero-order valence-corrected chi connectivity index (χ0v) is 19.0. The fourth-order valence-electron chi connectivity index (χ4n) is 3.35. The van der Waals surface area contributed by atoms with Crippen LogP contribution in [0.1, 0.15) is 117 Å². The second kappa shape index (κ2) is 17.5. The zero-order chi connectivity index (χ0) is 20.4. The van der Waals surface area contributed by atoms with Gasteiger partial charge in [0.1, 0.15) is 0 Å². The third-order valence-corrected chi connectivity index (χ3v) is 7.35. The van der Waals surface area contributed by atoms with Crippen molar-refractivity contribution >= 4 is 10.0 Å². The highest BCUT2D eigenvalue weighted by Crippen LogP contribution is 2.18. The van der Waals surface area contributed by atoms with Gasteiger partial charge in [-0.25, -0.2) is 12.7 Å². The molecule has 0 rings (SSSR count). The Kier molecular flexibility index (Phi) is 17.1. The summed E-state index contributed by atoms with van der Waals surface area (Å²) in [5.41, 5.74) is 0. The maximum Gasteiger partial charge on any atom is 0.230 e. The van der Waals surface area contributed by atoms with E-state index in [0.717, 1.165) is 38.5 Å². The van der Waals surface area contributed by atoms with Gasteiger partial charge >= 0.3 is 0 Å². The molecule has 0 aliphatic rings. The van der Waals surface area contributed by atoms with Crippen LogP contribution in [0.2, 0.25) is 0 Å². The molecule has 5 heteroatoms. The molecule has 1 unspecified atom stereocenters. The summed E-state index contributed by atoms with van der Waals surface area (Å²) in [4.78, 5) is 0. The molecule has 0 spiro atoms. The van der Waals surface area contributed by atoms with Crippen LogP contribution < -0.4 is 0 Å². The number of hydrogen-bond acceptors (Lipinski definition) is 3. The molecule has 0 aliphatic heterocycles. The number of sulfonamides is 1. The number of hydrogen-bond donors (Lipinski definition) is 0. The van der Waals surface area contributed by atoms with Gasteiger partial charge in [-0.05, 0) is 19.3 Å². The van der Waals surface area contributed by atoms with E-state index in [4.69, 9.17) is 0 Å². The highest BCUT2D eigenvalue weighted by Gasteiger charge is 2.31. The van der Waals surface area contributed by atoms with E-state index in [0.29, 0.717) is 19.5 Å². The van der Waals surface area contributed by atoms with Gasteiger partial charge in [0.2, 0.25) is 10.0 Å². The van der Waals surface area contributed by atoms with Crippen LogP contribution >= 0.6 is 0 Å². The van der Waals surface area contributed by atoms with Gasteiger partial charge in [0.25, 0.3) is 0 Å². The van der Waals surface area contributed by atoms with Crippen molar-refractivity contribution in [1.29, 1.82) is 5.26 Å². The van der Waals surface area contributed by atoms with Gasteiger partial charge < -0.3 is 0 Å². The molecule has 0 saturated carbocycles. The van der Waals surface area contributed by atoms with E-state index in [1.807, 2.05) is 6.92 Å². The summed E-state index contributed by atoms with van der Waals surface area (Å²) >= 11 is 0. The van der Waals surface area contributed by atoms with E-state index in [1.54, 1.807) is 4.31 Å². The van der Waals surface area contributed by atoms with Crippen molar-refractivity contribution in [3.8, 4) is 6.07 Å².